The molecule has 0 bridgehead atoms. The maximum absolute atomic E-state index is 12.2. The first-order valence-corrected chi connectivity index (χ1v) is 8.11. The smallest absolute Gasteiger partial charge is 0.200 e. The van der Waals surface area contributed by atoms with E-state index in [1.807, 2.05) is 73.7 Å². The minimum absolute atomic E-state index is 0.00646. The number of carbonyl (C=O) groups excluding carboxylic acids is 1. The molecule has 0 aromatic heterocycles. The van der Waals surface area contributed by atoms with Gasteiger partial charge in [0.15, 0.2) is 12.4 Å². The summed E-state index contributed by atoms with van der Waals surface area (Å²) >= 11 is 0. The molecule has 2 heteroatoms. The Kier molecular flexibility index (Phi) is 5.29. The molecular weight excluding hydrogens is 308 g/mol. The Morgan fingerprint density at radius 1 is 0.880 bits per heavy atom. The lowest BCUT2D eigenvalue weighted by Gasteiger charge is -2.09. The molecule has 0 N–H and O–H groups in total. The van der Waals surface area contributed by atoms with E-state index in [2.05, 4.69) is 11.8 Å². The Hall–Kier alpha value is -3.31. The molecule has 0 saturated heterocycles. The fourth-order valence-electron chi connectivity index (χ4n) is 2.36. The lowest BCUT2D eigenvalue weighted by atomic mass is 10.1. The lowest BCUT2D eigenvalue weighted by molar-refractivity contribution is 0.0921. The highest BCUT2D eigenvalue weighted by Gasteiger charge is 2.08. The molecule has 122 valence electrons. The molecule has 0 unspecified atom stereocenters. The van der Waals surface area contributed by atoms with Crippen LogP contribution in [0.1, 0.15) is 27.0 Å². The number of ketones is 1. The number of hydrogen-bond donors (Lipinski definition) is 0. The number of carbonyl (C=O) groups is 1. The quantitative estimate of drug-likeness (QED) is 0.515. The molecule has 0 saturated carbocycles. The molecule has 0 fully saturated rings. The van der Waals surface area contributed by atoms with Crippen LogP contribution in [0.4, 0.5) is 0 Å². The van der Waals surface area contributed by atoms with E-state index in [9.17, 15) is 4.79 Å². The minimum atomic E-state index is -0.0518. The Morgan fingerprint density at radius 3 is 2.28 bits per heavy atom. The first-order valence-electron chi connectivity index (χ1n) is 8.11. The number of ether oxygens (including phenoxy) is 1. The maximum Gasteiger partial charge on any atom is 0.200 e. The SMILES string of the molecule is Cc1ccc(C#Cc2ccccc2)c(OCC(=O)c2ccccc2)c1. The Morgan fingerprint density at radius 2 is 1.56 bits per heavy atom. The van der Waals surface area contributed by atoms with Crippen molar-refractivity contribution in [3.63, 3.8) is 0 Å². The fraction of sp³-hybridized carbons (Fsp3) is 0.0870. The van der Waals surface area contributed by atoms with E-state index in [1.54, 1.807) is 12.1 Å². The summed E-state index contributed by atoms with van der Waals surface area (Å²) in [4.78, 5) is 12.2. The summed E-state index contributed by atoms with van der Waals surface area (Å²) in [6.45, 7) is 1.98. The summed E-state index contributed by atoms with van der Waals surface area (Å²) in [6, 6.07) is 24.8. The predicted molar refractivity (Wildman–Crippen MR) is 99.9 cm³/mol. The van der Waals surface area contributed by atoms with E-state index < -0.39 is 0 Å². The van der Waals surface area contributed by atoms with Gasteiger partial charge >= 0.3 is 0 Å². The molecule has 2 nitrogen and oxygen atoms in total. The van der Waals surface area contributed by atoms with Crippen molar-refractivity contribution in [2.24, 2.45) is 0 Å². The molecule has 3 aromatic carbocycles. The normalized spacial score (nSPS) is 9.80. The van der Waals surface area contributed by atoms with Gasteiger partial charge in [-0.1, -0.05) is 66.4 Å². The fourth-order valence-corrected chi connectivity index (χ4v) is 2.36. The van der Waals surface area contributed by atoms with E-state index in [0.29, 0.717) is 11.3 Å². The maximum atomic E-state index is 12.2. The van der Waals surface area contributed by atoms with Crippen molar-refractivity contribution >= 4 is 5.78 Å². The summed E-state index contributed by atoms with van der Waals surface area (Å²) < 4.78 is 5.77. The second-order valence-corrected chi connectivity index (χ2v) is 5.69. The van der Waals surface area contributed by atoms with E-state index in [0.717, 1.165) is 16.7 Å². The molecule has 0 spiro atoms. The van der Waals surface area contributed by atoms with Gasteiger partial charge in [0.1, 0.15) is 5.75 Å². The van der Waals surface area contributed by atoms with Crippen LogP contribution in [0.2, 0.25) is 0 Å². The van der Waals surface area contributed by atoms with Gasteiger partial charge in [0.05, 0.1) is 5.56 Å². The topological polar surface area (TPSA) is 26.3 Å². The summed E-state index contributed by atoms with van der Waals surface area (Å²) in [5.74, 6) is 6.84. The van der Waals surface area contributed by atoms with Gasteiger partial charge in [-0.25, -0.2) is 0 Å². The largest absolute Gasteiger partial charge is 0.484 e. The van der Waals surface area contributed by atoms with Crippen LogP contribution in [-0.4, -0.2) is 12.4 Å². The summed E-state index contributed by atoms with van der Waals surface area (Å²) in [7, 11) is 0. The number of rotatable bonds is 4. The van der Waals surface area contributed by atoms with Crippen molar-refractivity contribution in [2.75, 3.05) is 6.61 Å². The average molecular weight is 326 g/mol. The van der Waals surface area contributed by atoms with Crippen molar-refractivity contribution in [2.45, 2.75) is 6.92 Å². The molecule has 0 radical (unpaired) electrons. The van der Waals surface area contributed by atoms with Gasteiger partial charge < -0.3 is 4.74 Å². The molecule has 0 aliphatic carbocycles. The minimum Gasteiger partial charge on any atom is -0.484 e. The van der Waals surface area contributed by atoms with E-state index in [-0.39, 0.29) is 12.4 Å². The van der Waals surface area contributed by atoms with Crippen LogP contribution < -0.4 is 4.74 Å². The third kappa shape index (κ3) is 4.59. The highest BCUT2D eigenvalue weighted by atomic mass is 16.5. The Labute approximate surface area is 148 Å². The third-order valence-corrected chi connectivity index (χ3v) is 3.71. The Balaban J connectivity index is 1.78. The summed E-state index contributed by atoms with van der Waals surface area (Å²) in [5.41, 5.74) is 3.42. The van der Waals surface area contributed by atoms with Gasteiger partial charge in [0.2, 0.25) is 0 Å². The van der Waals surface area contributed by atoms with Gasteiger partial charge in [-0.2, -0.15) is 0 Å². The van der Waals surface area contributed by atoms with Crippen molar-refractivity contribution in [3.8, 4) is 17.6 Å². The number of Topliss-reactive ketones (excluding diaryl/α,β-unsaturated/α-hetero) is 1. The van der Waals surface area contributed by atoms with E-state index in [4.69, 9.17) is 4.74 Å². The first-order chi connectivity index (χ1) is 12.2. The molecule has 0 aliphatic rings. The van der Waals surface area contributed by atoms with Gasteiger partial charge in [-0.15, -0.1) is 0 Å². The molecule has 25 heavy (non-hydrogen) atoms. The summed E-state index contributed by atoms with van der Waals surface area (Å²) in [5, 5.41) is 0. The van der Waals surface area contributed by atoms with E-state index in [1.165, 1.54) is 0 Å². The zero-order valence-electron chi connectivity index (χ0n) is 14.0. The number of benzene rings is 3. The van der Waals surface area contributed by atoms with Crippen LogP contribution >= 0.6 is 0 Å². The van der Waals surface area contributed by atoms with Gasteiger partial charge in [-0.3, -0.25) is 4.79 Å². The van der Waals surface area contributed by atoms with Crippen LogP contribution in [0, 0.1) is 18.8 Å². The van der Waals surface area contributed by atoms with E-state index >= 15 is 0 Å². The third-order valence-electron chi connectivity index (χ3n) is 3.71. The molecule has 3 aromatic rings. The lowest BCUT2D eigenvalue weighted by Crippen LogP contribution is -2.12. The molecule has 0 atom stereocenters. The number of aryl methyl sites for hydroxylation is 1. The molecular formula is C23H18O2. The van der Waals surface area contributed by atoms with Crippen LogP contribution in [0.5, 0.6) is 5.75 Å². The highest BCUT2D eigenvalue weighted by molar-refractivity contribution is 5.97. The average Bonchev–Trinajstić information content (AvgIpc) is 2.67. The Bertz CT molecular complexity index is 917. The van der Waals surface area contributed by atoms with Crippen molar-refractivity contribution in [1.29, 1.82) is 0 Å². The van der Waals surface area contributed by atoms with Gasteiger partial charge in [0, 0.05) is 11.1 Å². The number of hydrogen-bond acceptors (Lipinski definition) is 2. The van der Waals surface area contributed by atoms with Crippen molar-refractivity contribution in [1.82, 2.24) is 0 Å². The molecule has 0 heterocycles. The van der Waals surface area contributed by atoms with Crippen LogP contribution in [0.3, 0.4) is 0 Å². The van der Waals surface area contributed by atoms with Crippen molar-refractivity contribution in [3.05, 3.63) is 101 Å². The monoisotopic (exact) mass is 326 g/mol. The van der Waals surface area contributed by atoms with Gasteiger partial charge in [0.25, 0.3) is 0 Å². The molecule has 0 aliphatic heterocycles. The van der Waals surface area contributed by atoms with Crippen LogP contribution in [0.15, 0.2) is 78.9 Å². The second kappa shape index (κ2) is 7.99. The van der Waals surface area contributed by atoms with Gasteiger partial charge in [-0.05, 0) is 36.8 Å². The van der Waals surface area contributed by atoms with Crippen LogP contribution in [-0.2, 0) is 0 Å². The first kappa shape index (κ1) is 16.5. The van der Waals surface area contributed by atoms with Crippen LogP contribution in [0.25, 0.3) is 0 Å². The zero-order chi connectivity index (χ0) is 17.5. The summed E-state index contributed by atoms with van der Waals surface area (Å²) in [6.07, 6.45) is 0. The molecule has 3 rings (SSSR count). The zero-order valence-corrected chi connectivity index (χ0v) is 14.0. The second-order valence-electron chi connectivity index (χ2n) is 5.69. The molecule has 0 amide bonds. The predicted octanol–water partition coefficient (Wildman–Crippen LogP) is 4.66. The van der Waals surface area contributed by atoms with Crippen molar-refractivity contribution < 1.29 is 9.53 Å². The standard InChI is InChI=1S/C23H18O2/c1-18-12-14-21(15-13-19-8-4-2-5-9-19)23(16-18)25-17-22(24)20-10-6-3-7-11-20/h2-12,14,16H,17H2,1H3. The highest BCUT2D eigenvalue weighted by Crippen LogP contribution is 2.20.